The van der Waals surface area contributed by atoms with Crippen molar-refractivity contribution in [3.05, 3.63) is 52.0 Å². The largest absolute Gasteiger partial charge is 0.494 e. The number of ether oxygens (including phenoxy) is 1. The van der Waals surface area contributed by atoms with Gasteiger partial charge in [0.25, 0.3) is 5.69 Å². The van der Waals surface area contributed by atoms with E-state index in [-0.39, 0.29) is 5.69 Å². The van der Waals surface area contributed by atoms with Crippen LogP contribution in [0.5, 0.6) is 5.75 Å². The van der Waals surface area contributed by atoms with Crippen molar-refractivity contribution in [2.45, 2.75) is 19.9 Å². The molecule has 0 atom stereocenters. The molecule has 0 spiro atoms. The lowest BCUT2D eigenvalue weighted by Gasteiger charge is -2.09. The average Bonchev–Trinajstić information content (AvgIpc) is 2.92. The topological polar surface area (TPSA) is 77.5 Å². The molecule has 1 heterocycles. The Labute approximate surface area is 116 Å². The quantitative estimate of drug-likeness (QED) is 0.646. The first-order chi connectivity index (χ1) is 9.63. The number of methoxy groups -OCH3 is 1. The highest BCUT2D eigenvalue weighted by Gasteiger charge is 2.11. The first-order valence-electron chi connectivity index (χ1n) is 6.28. The van der Waals surface area contributed by atoms with Gasteiger partial charge in [-0.2, -0.15) is 0 Å². The summed E-state index contributed by atoms with van der Waals surface area (Å²) < 4.78 is 10.7. The van der Waals surface area contributed by atoms with Gasteiger partial charge in [-0.3, -0.25) is 10.1 Å². The zero-order chi connectivity index (χ0) is 14.5. The predicted octanol–water partition coefficient (Wildman–Crippen LogP) is 3.37. The lowest BCUT2D eigenvalue weighted by molar-refractivity contribution is -0.384. The third-order valence-electron chi connectivity index (χ3n) is 2.91. The minimum Gasteiger partial charge on any atom is -0.494 e. The fourth-order valence-corrected chi connectivity index (χ4v) is 1.83. The Morgan fingerprint density at radius 3 is 2.65 bits per heavy atom. The second-order valence-electron chi connectivity index (χ2n) is 4.22. The van der Waals surface area contributed by atoms with E-state index in [2.05, 4.69) is 5.32 Å². The van der Waals surface area contributed by atoms with Crippen molar-refractivity contribution in [3.63, 3.8) is 0 Å². The molecule has 6 heteroatoms. The van der Waals surface area contributed by atoms with Crippen LogP contribution in [-0.2, 0) is 13.0 Å². The van der Waals surface area contributed by atoms with Crippen LogP contribution in [0.3, 0.4) is 0 Å². The molecule has 2 aromatic rings. The van der Waals surface area contributed by atoms with E-state index in [1.807, 2.05) is 19.1 Å². The number of hydrogen-bond donors (Lipinski definition) is 1. The molecule has 1 aromatic carbocycles. The maximum absolute atomic E-state index is 10.7. The first-order valence-corrected chi connectivity index (χ1v) is 6.28. The van der Waals surface area contributed by atoms with E-state index < -0.39 is 4.92 Å². The van der Waals surface area contributed by atoms with Crippen molar-refractivity contribution in [2.75, 3.05) is 12.4 Å². The maximum atomic E-state index is 10.7. The SMILES string of the molecule is CCc1ccc(CNc2ccc([N+](=O)[O-])cc2OC)o1. The van der Waals surface area contributed by atoms with E-state index in [1.54, 1.807) is 6.07 Å². The Balaban J connectivity index is 2.10. The second kappa shape index (κ2) is 6.10. The summed E-state index contributed by atoms with van der Waals surface area (Å²) in [5, 5.41) is 13.9. The highest BCUT2D eigenvalue weighted by molar-refractivity contribution is 5.60. The van der Waals surface area contributed by atoms with E-state index in [9.17, 15) is 10.1 Å². The molecule has 0 saturated carbocycles. The molecule has 20 heavy (non-hydrogen) atoms. The van der Waals surface area contributed by atoms with Gasteiger partial charge in [0.05, 0.1) is 30.3 Å². The van der Waals surface area contributed by atoms with Crippen LogP contribution >= 0.6 is 0 Å². The third kappa shape index (κ3) is 3.09. The molecule has 106 valence electrons. The molecule has 0 radical (unpaired) electrons. The summed E-state index contributed by atoms with van der Waals surface area (Å²) in [6.45, 7) is 2.52. The Hall–Kier alpha value is -2.50. The van der Waals surface area contributed by atoms with Crippen LogP contribution in [-0.4, -0.2) is 12.0 Å². The van der Waals surface area contributed by atoms with Gasteiger partial charge in [0.1, 0.15) is 17.3 Å². The van der Waals surface area contributed by atoms with Gasteiger partial charge in [0, 0.05) is 12.5 Å². The van der Waals surface area contributed by atoms with E-state index in [0.717, 1.165) is 17.9 Å². The van der Waals surface area contributed by atoms with E-state index in [4.69, 9.17) is 9.15 Å². The van der Waals surface area contributed by atoms with Crippen LogP contribution in [0.2, 0.25) is 0 Å². The molecule has 6 nitrogen and oxygen atoms in total. The number of benzene rings is 1. The maximum Gasteiger partial charge on any atom is 0.273 e. The monoisotopic (exact) mass is 276 g/mol. The van der Waals surface area contributed by atoms with Crippen molar-refractivity contribution < 1.29 is 14.1 Å². The fraction of sp³-hybridized carbons (Fsp3) is 0.286. The van der Waals surface area contributed by atoms with Gasteiger partial charge in [-0.15, -0.1) is 0 Å². The third-order valence-corrected chi connectivity index (χ3v) is 2.91. The highest BCUT2D eigenvalue weighted by Crippen LogP contribution is 2.29. The lowest BCUT2D eigenvalue weighted by Crippen LogP contribution is -2.01. The second-order valence-corrected chi connectivity index (χ2v) is 4.22. The highest BCUT2D eigenvalue weighted by atomic mass is 16.6. The number of hydrogen-bond acceptors (Lipinski definition) is 5. The van der Waals surface area contributed by atoms with Gasteiger partial charge >= 0.3 is 0 Å². The van der Waals surface area contributed by atoms with Crippen LogP contribution < -0.4 is 10.1 Å². The number of nitrogens with one attached hydrogen (secondary N) is 1. The number of anilines is 1. The van der Waals surface area contributed by atoms with Crippen LogP contribution in [0.4, 0.5) is 11.4 Å². The molecule has 0 fully saturated rings. The fourth-order valence-electron chi connectivity index (χ4n) is 1.83. The summed E-state index contributed by atoms with van der Waals surface area (Å²) in [7, 11) is 1.48. The van der Waals surface area contributed by atoms with Crippen molar-refractivity contribution in [3.8, 4) is 5.75 Å². The van der Waals surface area contributed by atoms with Crippen LogP contribution in [0.25, 0.3) is 0 Å². The molecule has 1 aromatic heterocycles. The molecule has 0 aliphatic rings. The molecule has 0 bridgehead atoms. The lowest BCUT2D eigenvalue weighted by atomic mass is 10.2. The van der Waals surface area contributed by atoms with Crippen molar-refractivity contribution in [2.24, 2.45) is 0 Å². The minimum absolute atomic E-state index is 0.00123. The summed E-state index contributed by atoms with van der Waals surface area (Å²) in [5.74, 6) is 2.17. The van der Waals surface area contributed by atoms with Gasteiger partial charge in [0.15, 0.2) is 0 Å². The Morgan fingerprint density at radius 1 is 1.30 bits per heavy atom. The number of nitro benzene ring substituents is 1. The minimum atomic E-state index is -0.452. The molecule has 0 aliphatic heterocycles. The molecule has 2 rings (SSSR count). The summed E-state index contributed by atoms with van der Waals surface area (Å²) in [6, 6.07) is 8.29. The molecule has 0 saturated heterocycles. The Kier molecular flexibility index (Phi) is 4.24. The Bertz CT molecular complexity index is 607. The smallest absolute Gasteiger partial charge is 0.273 e. The number of nitro groups is 1. The number of furan rings is 1. The molecule has 0 aliphatic carbocycles. The summed E-state index contributed by atoms with van der Waals surface area (Å²) >= 11 is 0. The van der Waals surface area contributed by atoms with E-state index >= 15 is 0 Å². The van der Waals surface area contributed by atoms with Crippen molar-refractivity contribution >= 4 is 11.4 Å². The molecular formula is C14H16N2O4. The van der Waals surface area contributed by atoms with Crippen LogP contribution in [0.15, 0.2) is 34.7 Å². The zero-order valence-corrected chi connectivity index (χ0v) is 11.4. The summed E-state index contributed by atoms with van der Waals surface area (Å²) in [6.07, 6.45) is 0.848. The summed E-state index contributed by atoms with van der Waals surface area (Å²) in [4.78, 5) is 10.3. The van der Waals surface area contributed by atoms with Gasteiger partial charge in [-0.05, 0) is 18.2 Å². The van der Waals surface area contributed by atoms with E-state index in [0.29, 0.717) is 18.0 Å². The molecular weight excluding hydrogens is 260 g/mol. The van der Waals surface area contributed by atoms with Crippen LogP contribution in [0, 0.1) is 10.1 Å². The molecule has 0 unspecified atom stereocenters. The van der Waals surface area contributed by atoms with Gasteiger partial charge in [-0.1, -0.05) is 6.92 Å². The van der Waals surface area contributed by atoms with E-state index in [1.165, 1.54) is 19.2 Å². The number of nitrogens with zero attached hydrogens (tertiary/aromatic N) is 1. The average molecular weight is 276 g/mol. The predicted molar refractivity (Wildman–Crippen MR) is 75.1 cm³/mol. The number of aryl methyl sites for hydroxylation is 1. The number of rotatable bonds is 6. The zero-order valence-electron chi connectivity index (χ0n) is 11.4. The number of non-ortho nitro benzene ring substituents is 1. The molecule has 0 amide bonds. The van der Waals surface area contributed by atoms with Crippen molar-refractivity contribution in [1.29, 1.82) is 0 Å². The summed E-state index contributed by atoms with van der Waals surface area (Å²) in [5.41, 5.74) is 0.686. The van der Waals surface area contributed by atoms with Gasteiger partial charge in [-0.25, -0.2) is 0 Å². The normalized spacial score (nSPS) is 10.3. The van der Waals surface area contributed by atoms with Crippen LogP contribution in [0.1, 0.15) is 18.4 Å². The standard InChI is InChI=1S/C14H16N2O4/c1-3-11-5-6-12(20-11)9-15-13-7-4-10(16(17)18)8-14(13)19-2/h4-8,15H,3,9H2,1-2H3. The first kappa shape index (κ1) is 13.9. The van der Waals surface area contributed by atoms with Gasteiger partial charge in [0.2, 0.25) is 0 Å². The molecule has 1 N–H and O–H groups in total. The van der Waals surface area contributed by atoms with Gasteiger partial charge < -0.3 is 14.5 Å². The Morgan fingerprint density at radius 2 is 2.05 bits per heavy atom. The van der Waals surface area contributed by atoms with Crippen molar-refractivity contribution in [1.82, 2.24) is 0 Å².